The predicted molar refractivity (Wildman–Crippen MR) is 77.9 cm³/mol. The fourth-order valence-corrected chi connectivity index (χ4v) is 2.34. The average Bonchev–Trinajstić information content (AvgIpc) is 2.33. The van der Waals surface area contributed by atoms with Crippen molar-refractivity contribution >= 4 is 44.8 Å². The second kappa shape index (κ2) is 5.91. The third-order valence-electron chi connectivity index (χ3n) is 2.43. The Balaban J connectivity index is 2.19. The van der Waals surface area contributed by atoms with Crippen LogP contribution in [0.5, 0.6) is 0 Å². The lowest BCUT2D eigenvalue weighted by molar-refractivity contribution is 0.630. The summed E-state index contributed by atoms with van der Waals surface area (Å²) < 4.78 is 14.5. The van der Waals surface area contributed by atoms with Gasteiger partial charge in [-0.1, -0.05) is 45.2 Å². The summed E-state index contributed by atoms with van der Waals surface area (Å²) in [6.45, 7) is 0.432. The highest BCUT2D eigenvalue weighted by atomic mass is 79.9. The molecule has 0 heterocycles. The first kappa shape index (κ1) is 13.7. The summed E-state index contributed by atoms with van der Waals surface area (Å²) in [4.78, 5) is 0. The number of benzene rings is 2. The molecule has 0 amide bonds. The van der Waals surface area contributed by atoms with Crippen LogP contribution in [0.3, 0.4) is 0 Å². The van der Waals surface area contributed by atoms with E-state index in [-0.39, 0.29) is 5.82 Å². The summed E-state index contributed by atoms with van der Waals surface area (Å²) in [5.41, 5.74) is 1.23. The minimum atomic E-state index is -0.374. The van der Waals surface area contributed by atoms with Gasteiger partial charge in [-0.05, 0) is 35.9 Å². The lowest BCUT2D eigenvalue weighted by Crippen LogP contribution is -2.02. The van der Waals surface area contributed by atoms with Gasteiger partial charge in [-0.15, -0.1) is 0 Å². The topological polar surface area (TPSA) is 12.0 Å². The van der Waals surface area contributed by atoms with E-state index in [1.54, 1.807) is 18.2 Å². The van der Waals surface area contributed by atoms with Gasteiger partial charge in [0.15, 0.2) is 0 Å². The summed E-state index contributed by atoms with van der Waals surface area (Å²) >= 11 is 15.3. The molecule has 18 heavy (non-hydrogen) atoms. The first-order chi connectivity index (χ1) is 8.58. The van der Waals surface area contributed by atoms with Crippen LogP contribution in [0.1, 0.15) is 5.56 Å². The second-order valence-electron chi connectivity index (χ2n) is 3.69. The van der Waals surface area contributed by atoms with Gasteiger partial charge in [0.1, 0.15) is 5.82 Å². The van der Waals surface area contributed by atoms with E-state index < -0.39 is 0 Å². The molecule has 0 bridgehead atoms. The largest absolute Gasteiger partial charge is 0.377 e. The highest BCUT2D eigenvalue weighted by Crippen LogP contribution is 2.27. The number of nitrogens with one attached hydrogen (secondary N) is 1. The number of anilines is 1. The molecule has 0 aliphatic carbocycles. The maximum atomic E-state index is 13.5. The van der Waals surface area contributed by atoms with E-state index in [2.05, 4.69) is 21.2 Å². The van der Waals surface area contributed by atoms with Crippen LogP contribution in [0, 0.1) is 5.82 Å². The molecular formula is C13H9BrCl2FN. The molecule has 0 aromatic heterocycles. The SMILES string of the molecule is Fc1cccc(Cl)c1NCc1cc(Cl)ccc1Br. The quantitative estimate of drug-likeness (QED) is 0.771. The van der Waals surface area contributed by atoms with E-state index >= 15 is 0 Å². The first-order valence-electron chi connectivity index (χ1n) is 5.20. The molecule has 1 N–H and O–H groups in total. The maximum Gasteiger partial charge on any atom is 0.147 e. The smallest absolute Gasteiger partial charge is 0.147 e. The Kier molecular flexibility index (Phi) is 4.49. The average molecular weight is 349 g/mol. The number of hydrogen-bond acceptors (Lipinski definition) is 1. The maximum absolute atomic E-state index is 13.5. The summed E-state index contributed by atoms with van der Waals surface area (Å²) in [6.07, 6.45) is 0. The normalized spacial score (nSPS) is 10.4. The van der Waals surface area contributed by atoms with E-state index in [1.165, 1.54) is 6.07 Å². The van der Waals surface area contributed by atoms with E-state index in [4.69, 9.17) is 23.2 Å². The zero-order valence-corrected chi connectivity index (χ0v) is 12.3. The van der Waals surface area contributed by atoms with Gasteiger partial charge in [0.25, 0.3) is 0 Å². The zero-order chi connectivity index (χ0) is 13.1. The van der Waals surface area contributed by atoms with Crippen molar-refractivity contribution in [3.05, 3.63) is 62.3 Å². The van der Waals surface area contributed by atoms with Gasteiger partial charge in [0, 0.05) is 16.0 Å². The molecule has 0 fully saturated rings. The summed E-state index contributed by atoms with van der Waals surface area (Å²) in [7, 11) is 0. The Labute approximate surface area is 123 Å². The molecule has 0 radical (unpaired) electrons. The number of halogens is 4. The molecule has 94 valence electrons. The molecule has 2 rings (SSSR count). The summed E-state index contributed by atoms with van der Waals surface area (Å²) in [5.74, 6) is -0.374. The molecule has 0 saturated heterocycles. The molecular weight excluding hydrogens is 340 g/mol. The van der Waals surface area contributed by atoms with Gasteiger partial charge in [-0.25, -0.2) is 4.39 Å². The van der Waals surface area contributed by atoms with Gasteiger partial charge < -0.3 is 5.32 Å². The molecule has 2 aromatic rings. The monoisotopic (exact) mass is 347 g/mol. The van der Waals surface area contributed by atoms with Crippen LogP contribution in [0.15, 0.2) is 40.9 Å². The molecule has 0 atom stereocenters. The van der Waals surface area contributed by atoms with Crippen molar-refractivity contribution in [2.45, 2.75) is 6.54 Å². The number of hydrogen-bond donors (Lipinski definition) is 1. The molecule has 5 heteroatoms. The fraction of sp³-hybridized carbons (Fsp3) is 0.0769. The molecule has 0 spiro atoms. The summed E-state index contributed by atoms with van der Waals surface area (Å²) in [5, 5.41) is 3.96. The van der Waals surface area contributed by atoms with Crippen LogP contribution in [-0.2, 0) is 6.54 Å². The minimum Gasteiger partial charge on any atom is -0.377 e. The van der Waals surface area contributed by atoms with Gasteiger partial charge >= 0.3 is 0 Å². The van der Waals surface area contributed by atoms with Crippen molar-refractivity contribution in [1.29, 1.82) is 0 Å². The third kappa shape index (κ3) is 3.16. The Bertz CT molecular complexity index is 555. The first-order valence-corrected chi connectivity index (χ1v) is 6.74. The van der Waals surface area contributed by atoms with Gasteiger partial charge in [-0.3, -0.25) is 0 Å². The standard InChI is InChI=1S/C13H9BrCl2FN/c14-10-5-4-9(15)6-8(10)7-18-13-11(16)2-1-3-12(13)17/h1-6,18H,7H2. The van der Waals surface area contributed by atoms with Crippen molar-refractivity contribution in [1.82, 2.24) is 0 Å². The van der Waals surface area contributed by atoms with E-state index in [1.807, 2.05) is 12.1 Å². The van der Waals surface area contributed by atoms with Gasteiger partial charge in [0.05, 0.1) is 10.7 Å². The van der Waals surface area contributed by atoms with E-state index in [9.17, 15) is 4.39 Å². The second-order valence-corrected chi connectivity index (χ2v) is 5.38. The molecule has 2 aromatic carbocycles. The predicted octanol–water partition coefficient (Wildman–Crippen LogP) is 5.51. The molecule has 1 nitrogen and oxygen atoms in total. The number of rotatable bonds is 3. The Morgan fingerprint density at radius 2 is 1.94 bits per heavy atom. The van der Waals surface area contributed by atoms with Crippen molar-refractivity contribution in [3.63, 3.8) is 0 Å². The van der Waals surface area contributed by atoms with Crippen molar-refractivity contribution in [2.24, 2.45) is 0 Å². The Morgan fingerprint density at radius 1 is 1.17 bits per heavy atom. The van der Waals surface area contributed by atoms with Crippen molar-refractivity contribution < 1.29 is 4.39 Å². The highest BCUT2D eigenvalue weighted by Gasteiger charge is 2.07. The minimum absolute atomic E-state index is 0.297. The molecule has 0 unspecified atom stereocenters. The van der Waals surface area contributed by atoms with Gasteiger partial charge in [0.2, 0.25) is 0 Å². The van der Waals surface area contributed by atoms with E-state index in [0.717, 1.165) is 10.0 Å². The summed E-state index contributed by atoms with van der Waals surface area (Å²) in [6, 6.07) is 10.0. The fourth-order valence-electron chi connectivity index (χ4n) is 1.53. The van der Waals surface area contributed by atoms with Crippen LogP contribution in [0.2, 0.25) is 10.0 Å². The highest BCUT2D eigenvalue weighted by molar-refractivity contribution is 9.10. The van der Waals surface area contributed by atoms with Crippen molar-refractivity contribution in [2.75, 3.05) is 5.32 Å². The van der Waals surface area contributed by atoms with Crippen LogP contribution in [0.25, 0.3) is 0 Å². The van der Waals surface area contributed by atoms with Gasteiger partial charge in [-0.2, -0.15) is 0 Å². The third-order valence-corrected chi connectivity index (χ3v) is 3.75. The Hall–Kier alpha value is -0.770. The van der Waals surface area contributed by atoms with E-state index in [0.29, 0.717) is 22.3 Å². The lowest BCUT2D eigenvalue weighted by atomic mass is 10.2. The molecule has 0 aliphatic heterocycles. The molecule has 0 aliphatic rings. The Morgan fingerprint density at radius 3 is 2.67 bits per heavy atom. The molecule has 0 saturated carbocycles. The van der Waals surface area contributed by atoms with Crippen LogP contribution < -0.4 is 5.32 Å². The van der Waals surface area contributed by atoms with Crippen LogP contribution in [0.4, 0.5) is 10.1 Å². The van der Waals surface area contributed by atoms with Crippen LogP contribution in [-0.4, -0.2) is 0 Å². The zero-order valence-electron chi connectivity index (χ0n) is 9.18. The number of para-hydroxylation sites is 1. The lowest BCUT2D eigenvalue weighted by Gasteiger charge is -2.11. The van der Waals surface area contributed by atoms with Crippen LogP contribution >= 0.6 is 39.1 Å². The van der Waals surface area contributed by atoms with Crippen molar-refractivity contribution in [3.8, 4) is 0 Å².